The minimum atomic E-state index is -0.274. The van der Waals surface area contributed by atoms with E-state index >= 15 is 0 Å². The quantitative estimate of drug-likeness (QED) is 0.847. The molecule has 0 aromatic heterocycles. The molecule has 0 spiro atoms. The molecule has 0 aliphatic heterocycles. The van der Waals surface area contributed by atoms with E-state index in [2.05, 4.69) is 0 Å². The van der Waals surface area contributed by atoms with Crippen molar-refractivity contribution in [3.8, 4) is 0 Å². The third-order valence-electron chi connectivity index (χ3n) is 3.33. The predicted octanol–water partition coefficient (Wildman–Crippen LogP) is 2.40. The summed E-state index contributed by atoms with van der Waals surface area (Å²) in [6, 6.07) is 6.77. The maximum Gasteiger partial charge on any atom is 0.146 e. The maximum atomic E-state index is 13.7. The van der Waals surface area contributed by atoms with Crippen LogP contribution in [0.4, 0.5) is 10.1 Å². The third kappa shape index (κ3) is 3.68. The zero-order valence-electron chi connectivity index (χ0n) is 11.6. The molecule has 1 aromatic rings. The average Bonchev–Trinajstić information content (AvgIpc) is 2.36. The molecule has 0 saturated heterocycles. The van der Waals surface area contributed by atoms with Gasteiger partial charge in [-0.1, -0.05) is 12.1 Å². The molecular weight excluding hydrogens is 231 g/mol. The molecule has 1 atom stereocenters. The van der Waals surface area contributed by atoms with E-state index in [0.29, 0.717) is 12.2 Å². The van der Waals surface area contributed by atoms with Crippen LogP contribution >= 0.6 is 0 Å². The van der Waals surface area contributed by atoms with Crippen LogP contribution < -0.4 is 10.6 Å². The molecule has 0 amide bonds. The normalized spacial score (nSPS) is 13.4. The van der Waals surface area contributed by atoms with Crippen molar-refractivity contribution in [3.05, 3.63) is 30.1 Å². The van der Waals surface area contributed by atoms with Crippen LogP contribution in [-0.4, -0.2) is 32.3 Å². The Morgan fingerprint density at radius 3 is 2.50 bits per heavy atom. The highest BCUT2D eigenvalue weighted by Gasteiger charge is 2.25. The van der Waals surface area contributed by atoms with Crippen LogP contribution in [0, 0.1) is 5.82 Å². The summed E-state index contributed by atoms with van der Waals surface area (Å²) < 4.78 is 19.1. The van der Waals surface area contributed by atoms with E-state index in [-0.39, 0.29) is 17.5 Å². The lowest BCUT2D eigenvalue weighted by Crippen LogP contribution is -2.43. The van der Waals surface area contributed by atoms with Gasteiger partial charge in [-0.25, -0.2) is 4.39 Å². The highest BCUT2D eigenvalue weighted by atomic mass is 19.1. The number of rotatable bonds is 6. The Balaban J connectivity index is 2.86. The molecule has 102 valence electrons. The average molecular weight is 254 g/mol. The summed E-state index contributed by atoms with van der Waals surface area (Å²) in [6.45, 7) is 4.47. The molecule has 0 heterocycles. The van der Waals surface area contributed by atoms with E-state index in [4.69, 9.17) is 10.5 Å². The molecule has 0 aliphatic rings. The number of hydrogen-bond acceptors (Lipinski definition) is 3. The summed E-state index contributed by atoms with van der Waals surface area (Å²) in [7, 11) is 3.54. The van der Waals surface area contributed by atoms with Crippen molar-refractivity contribution >= 4 is 5.69 Å². The van der Waals surface area contributed by atoms with E-state index in [0.717, 1.165) is 6.42 Å². The highest BCUT2D eigenvalue weighted by Crippen LogP contribution is 2.24. The lowest BCUT2D eigenvalue weighted by molar-refractivity contribution is 0.0104. The lowest BCUT2D eigenvalue weighted by atomic mass is 9.97. The zero-order chi connectivity index (χ0) is 13.8. The molecule has 18 heavy (non-hydrogen) atoms. The van der Waals surface area contributed by atoms with Gasteiger partial charge in [0.15, 0.2) is 0 Å². The number of methoxy groups -OCH3 is 1. The van der Waals surface area contributed by atoms with Gasteiger partial charge in [0.25, 0.3) is 0 Å². The lowest BCUT2D eigenvalue weighted by Gasteiger charge is -2.35. The molecule has 1 unspecified atom stereocenters. The first-order valence-corrected chi connectivity index (χ1v) is 6.14. The van der Waals surface area contributed by atoms with Gasteiger partial charge in [0.2, 0.25) is 0 Å². The van der Waals surface area contributed by atoms with E-state index in [1.54, 1.807) is 19.2 Å². The Morgan fingerprint density at radius 2 is 2.00 bits per heavy atom. The van der Waals surface area contributed by atoms with Gasteiger partial charge in [-0.05, 0) is 32.4 Å². The van der Waals surface area contributed by atoms with Crippen LogP contribution in [-0.2, 0) is 4.74 Å². The molecule has 4 heteroatoms. The van der Waals surface area contributed by atoms with E-state index in [1.807, 2.05) is 31.9 Å². The number of ether oxygens (including phenoxy) is 1. The summed E-state index contributed by atoms with van der Waals surface area (Å²) in [5.41, 5.74) is 6.10. The topological polar surface area (TPSA) is 38.5 Å². The number of benzene rings is 1. The molecule has 0 aliphatic carbocycles. The van der Waals surface area contributed by atoms with Crippen molar-refractivity contribution in [3.63, 3.8) is 0 Å². The Morgan fingerprint density at radius 1 is 1.39 bits per heavy atom. The molecule has 3 nitrogen and oxygen atoms in total. The van der Waals surface area contributed by atoms with Gasteiger partial charge < -0.3 is 15.4 Å². The van der Waals surface area contributed by atoms with Crippen molar-refractivity contribution in [1.82, 2.24) is 0 Å². The second kappa shape index (κ2) is 6.16. The minimum absolute atomic E-state index is 0.0388. The summed E-state index contributed by atoms with van der Waals surface area (Å²) in [4.78, 5) is 1.89. The molecule has 2 N–H and O–H groups in total. The number of nitrogens with two attached hydrogens (primary N) is 1. The van der Waals surface area contributed by atoms with Gasteiger partial charge in [0.1, 0.15) is 5.82 Å². The maximum absolute atomic E-state index is 13.7. The zero-order valence-corrected chi connectivity index (χ0v) is 11.6. The molecule has 0 saturated carbocycles. The fourth-order valence-corrected chi connectivity index (χ4v) is 1.96. The van der Waals surface area contributed by atoms with Gasteiger partial charge >= 0.3 is 0 Å². The van der Waals surface area contributed by atoms with Crippen LogP contribution in [0.2, 0.25) is 0 Å². The van der Waals surface area contributed by atoms with Crippen molar-refractivity contribution in [1.29, 1.82) is 0 Å². The number of hydrogen-bond donors (Lipinski definition) is 1. The molecule has 1 aromatic carbocycles. The first kappa shape index (κ1) is 14.9. The molecule has 0 fully saturated rings. The number of halogens is 1. The van der Waals surface area contributed by atoms with Gasteiger partial charge in [-0.2, -0.15) is 0 Å². The Kier molecular flexibility index (Phi) is 5.11. The fraction of sp³-hybridized carbons (Fsp3) is 0.571. The standard InChI is InChI=1S/C14H23FN2O/c1-14(2,18-4)9-11(10-16)17(3)13-8-6-5-7-12(13)15/h5-8,11H,9-10,16H2,1-4H3. The Hall–Kier alpha value is -1.13. The summed E-state index contributed by atoms with van der Waals surface area (Å²) in [5.74, 6) is -0.228. The van der Waals surface area contributed by atoms with Crippen LogP contribution in [0.15, 0.2) is 24.3 Å². The number of para-hydroxylation sites is 1. The second-order valence-electron chi connectivity index (χ2n) is 5.12. The van der Waals surface area contributed by atoms with Gasteiger partial charge in [0, 0.05) is 26.7 Å². The summed E-state index contributed by atoms with van der Waals surface area (Å²) in [5, 5.41) is 0. The number of nitrogens with zero attached hydrogens (tertiary/aromatic N) is 1. The van der Waals surface area contributed by atoms with Crippen LogP contribution in [0.5, 0.6) is 0 Å². The monoisotopic (exact) mass is 254 g/mol. The Bertz CT molecular complexity index is 382. The third-order valence-corrected chi connectivity index (χ3v) is 3.33. The number of likely N-dealkylation sites (N-methyl/N-ethyl adjacent to an activating group) is 1. The molecule has 0 radical (unpaired) electrons. The van der Waals surface area contributed by atoms with E-state index < -0.39 is 0 Å². The van der Waals surface area contributed by atoms with Crippen molar-refractivity contribution in [2.24, 2.45) is 5.73 Å². The van der Waals surface area contributed by atoms with Crippen LogP contribution in [0.1, 0.15) is 20.3 Å². The Labute approximate surface area is 109 Å². The van der Waals surface area contributed by atoms with Gasteiger partial charge in [-0.3, -0.25) is 0 Å². The minimum Gasteiger partial charge on any atom is -0.379 e. The van der Waals surface area contributed by atoms with Crippen molar-refractivity contribution < 1.29 is 9.13 Å². The van der Waals surface area contributed by atoms with Gasteiger partial charge in [0.05, 0.1) is 11.3 Å². The predicted molar refractivity (Wildman–Crippen MR) is 73.4 cm³/mol. The second-order valence-corrected chi connectivity index (χ2v) is 5.12. The van der Waals surface area contributed by atoms with Crippen LogP contribution in [0.3, 0.4) is 0 Å². The molecule has 0 bridgehead atoms. The number of anilines is 1. The highest BCUT2D eigenvalue weighted by molar-refractivity contribution is 5.47. The smallest absolute Gasteiger partial charge is 0.146 e. The van der Waals surface area contributed by atoms with Crippen molar-refractivity contribution in [2.75, 3.05) is 25.6 Å². The van der Waals surface area contributed by atoms with Gasteiger partial charge in [-0.15, -0.1) is 0 Å². The molecule has 1 rings (SSSR count). The van der Waals surface area contributed by atoms with Crippen molar-refractivity contribution in [2.45, 2.75) is 31.9 Å². The van der Waals surface area contributed by atoms with Crippen LogP contribution in [0.25, 0.3) is 0 Å². The summed E-state index contributed by atoms with van der Waals surface area (Å²) in [6.07, 6.45) is 0.741. The SMILES string of the molecule is COC(C)(C)CC(CN)N(C)c1ccccc1F. The first-order chi connectivity index (χ1) is 8.41. The van der Waals surface area contributed by atoms with E-state index in [9.17, 15) is 4.39 Å². The van der Waals surface area contributed by atoms with E-state index in [1.165, 1.54) is 6.07 Å². The summed E-state index contributed by atoms with van der Waals surface area (Å²) >= 11 is 0. The largest absolute Gasteiger partial charge is 0.379 e. The fourth-order valence-electron chi connectivity index (χ4n) is 1.96. The first-order valence-electron chi connectivity index (χ1n) is 6.14. The molecular formula is C14H23FN2O.